The Balaban J connectivity index is 1.76. The monoisotopic (exact) mass is 399 g/mol. The van der Waals surface area contributed by atoms with Gasteiger partial charge < -0.3 is 34.1 Å². The van der Waals surface area contributed by atoms with Crippen molar-refractivity contribution in [3.8, 4) is 28.7 Å². The number of fused-ring (bicyclic) bond motifs is 3. The molecule has 3 heterocycles. The smallest absolute Gasteiger partial charge is 0.231 e. The van der Waals surface area contributed by atoms with Crippen LogP contribution in [0.3, 0.4) is 0 Å². The molecule has 2 N–H and O–H groups in total. The van der Waals surface area contributed by atoms with Gasteiger partial charge in [0.1, 0.15) is 6.10 Å². The lowest BCUT2D eigenvalue weighted by molar-refractivity contribution is -0.133. The van der Waals surface area contributed by atoms with Gasteiger partial charge in [-0.25, -0.2) is 0 Å². The topological polar surface area (TPSA) is 97.7 Å². The molecule has 3 aliphatic rings. The second kappa shape index (κ2) is 6.45. The largest absolute Gasteiger partial charge is 0.504 e. The Labute approximate surface area is 167 Å². The quantitative estimate of drug-likeness (QED) is 0.817. The number of aromatic hydroxyl groups is 1. The second-order valence-corrected chi connectivity index (χ2v) is 7.33. The number of phenols is 1. The fourth-order valence-corrected chi connectivity index (χ4v) is 4.68. The molecule has 1 amide bonds. The zero-order chi connectivity index (χ0) is 20.3. The number of nitrogens with zero attached hydrogens (tertiary/aromatic N) is 1. The summed E-state index contributed by atoms with van der Waals surface area (Å²) in [6.45, 7) is 0.149. The van der Waals surface area contributed by atoms with Crippen LogP contribution in [0.2, 0.25) is 0 Å². The molecule has 5 rings (SSSR count). The maximum atomic E-state index is 12.8. The minimum absolute atomic E-state index is 0.0448. The fraction of sp³-hybridized carbons (Fsp3) is 0.381. The van der Waals surface area contributed by atoms with Crippen LogP contribution in [0.5, 0.6) is 28.7 Å². The average Bonchev–Trinajstić information content (AvgIpc) is 3.34. The van der Waals surface area contributed by atoms with Gasteiger partial charge in [-0.3, -0.25) is 4.79 Å². The summed E-state index contributed by atoms with van der Waals surface area (Å²) in [6.07, 6.45) is -0.179. The van der Waals surface area contributed by atoms with Gasteiger partial charge in [-0.05, 0) is 35.7 Å². The minimum atomic E-state index is -1.03. The molecule has 8 nitrogen and oxygen atoms in total. The van der Waals surface area contributed by atoms with Crippen molar-refractivity contribution in [2.45, 2.75) is 31.0 Å². The predicted molar refractivity (Wildman–Crippen MR) is 100 cm³/mol. The van der Waals surface area contributed by atoms with Crippen molar-refractivity contribution in [2.75, 3.05) is 21.0 Å². The van der Waals surface area contributed by atoms with E-state index in [-0.39, 0.29) is 24.2 Å². The Bertz CT molecular complexity index is 1010. The molecule has 29 heavy (non-hydrogen) atoms. The highest BCUT2D eigenvalue weighted by atomic mass is 16.7. The molecule has 3 aliphatic heterocycles. The van der Waals surface area contributed by atoms with E-state index in [0.29, 0.717) is 41.2 Å². The highest BCUT2D eigenvalue weighted by Gasteiger charge is 2.49. The molecule has 3 atom stereocenters. The fourth-order valence-electron chi connectivity index (χ4n) is 4.68. The Hall–Kier alpha value is -3.13. The number of ether oxygens (including phenoxy) is 4. The number of carbonyl (C=O) groups is 1. The van der Waals surface area contributed by atoms with Crippen LogP contribution in [-0.4, -0.2) is 48.1 Å². The number of hydrogen-bond donors (Lipinski definition) is 2. The predicted octanol–water partition coefficient (Wildman–Crippen LogP) is 2.27. The van der Waals surface area contributed by atoms with Gasteiger partial charge in [0, 0.05) is 12.0 Å². The SMILES string of the molecule is COc1cc2c(c(O)c1OC)[C@H](O)[C@H]1CCC(=O)N1[C@@H]2c1ccc2c(c1)OCO2. The van der Waals surface area contributed by atoms with Crippen LogP contribution in [0.25, 0.3) is 0 Å². The first-order chi connectivity index (χ1) is 14.0. The molecule has 0 saturated carbocycles. The molecular formula is C21H21NO7. The summed E-state index contributed by atoms with van der Waals surface area (Å²) >= 11 is 0. The van der Waals surface area contributed by atoms with Crippen molar-refractivity contribution in [3.63, 3.8) is 0 Å². The van der Waals surface area contributed by atoms with Crippen LogP contribution in [0.4, 0.5) is 0 Å². The maximum absolute atomic E-state index is 12.8. The van der Waals surface area contributed by atoms with E-state index >= 15 is 0 Å². The van der Waals surface area contributed by atoms with Gasteiger partial charge in [0.25, 0.3) is 0 Å². The maximum Gasteiger partial charge on any atom is 0.231 e. The van der Waals surface area contributed by atoms with Crippen LogP contribution < -0.4 is 18.9 Å². The van der Waals surface area contributed by atoms with E-state index in [2.05, 4.69) is 0 Å². The number of rotatable bonds is 3. The minimum Gasteiger partial charge on any atom is -0.504 e. The lowest BCUT2D eigenvalue weighted by Crippen LogP contribution is -2.44. The van der Waals surface area contributed by atoms with E-state index in [4.69, 9.17) is 18.9 Å². The average molecular weight is 399 g/mol. The van der Waals surface area contributed by atoms with E-state index in [1.54, 1.807) is 17.0 Å². The number of amides is 1. The third-order valence-electron chi connectivity index (χ3n) is 5.96. The van der Waals surface area contributed by atoms with Gasteiger partial charge in [0.15, 0.2) is 23.0 Å². The number of phenolic OH excluding ortho intramolecular Hbond substituents is 1. The van der Waals surface area contributed by atoms with Crippen molar-refractivity contribution in [1.82, 2.24) is 4.90 Å². The van der Waals surface area contributed by atoms with E-state index in [1.807, 2.05) is 12.1 Å². The van der Waals surface area contributed by atoms with E-state index in [0.717, 1.165) is 5.56 Å². The summed E-state index contributed by atoms with van der Waals surface area (Å²) in [6, 6.07) is 6.29. The van der Waals surface area contributed by atoms with E-state index < -0.39 is 18.2 Å². The van der Waals surface area contributed by atoms with Gasteiger partial charge in [-0.15, -0.1) is 0 Å². The lowest BCUT2D eigenvalue weighted by Gasteiger charge is -2.43. The van der Waals surface area contributed by atoms with Gasteiger partial charge >= 0.3 is 0 Å². The third-order valence-corrected chi connectivity index (χ3v) is 5.96. The molecule has 0 aromatic heterocycles. The number of aliphatic hydroxyl groups excluding tert-OH is 1. The molecule has 8 heteroatoms. The Morgan fingerprint density at radius 1 is 1.14 bits per heavy atom. The number of methoxy groups -OCH3 is 2. The summed E-state index contributed by atoms with van der Waals surface area (Å²) in [7, 11) is 2.90. The molecule has 1 saturated heterocycles. The molecule has 0 spiro atoms. The second-order valence-electron chi connectivity index (χ2n) is 7.33. The molecule has 0 unspecified atom stereocenters. The molecule has 2 aromatic rings. The van der Waals surface area contributed by atoms with Crippen molar-refractivity contribution < 1.29 is 34.0 Å². The van der Waals surface area contributed by atoms with Crippen LogP contribution >= 0.6 is 0 Å². The summed E-state index contributed by atoms with van der Waals surface area (Å²) in [4.78, 5) is 14.5. The zero-order valence-corrected chi connectivity index (χ0v) is 16.0. The molecule has 1 fully saturated rings. The van der Waals surface area contributed by atoms with Gasteiger partial charge in [0.05, 0.1) is 26.3 Å². The number of aliphatic hydroxyl groups is 1. The van der Waals surface area contributed by atoms with Crippen molar-refractivity contribution in [1.29, 1.82) is 0 Å². The standard InChI is InChI=1S/C21H21NO7/c1-26-15-8-11-17(20(25)21(15)27-2)19(24)12-4-6-16(23)22(12)18(11)10-3-5-13-14(7-10)29-9-28-13/h3,5,7-8,12,18-19,24-25H,4,6,9H2,1-2H3/t12-,18-,19-/m1/s1. The number of carbonyl (C=O) groups excluding carboxylic acids is 1. The molecular weight excluding hydrogens is 378 g/mol. The first kappa shape index (κ1) is 17.9. The number of hydrogen-bond acceptors (Lipinski definition) is 7. The summed E-state index contributed by atoms with van der Waals surface area (Å²) in [5.41, 5.74) is 1.76. The number of benzene rings is 2. The van der Waals surface area contributed by atoms with E-state index in [1.165, 1.54) is 14.2 Å². The van der Waals surface area contributed by atoms with Crippen LogP contribution in [0.1, 0.15) is 41.7 Å². The lowest BCUT2D eigenvalue weighted by atomic mass is 9.82. The summed E-state index contributed by atoms with van der Waals surface area (Å²) in [5, 5.41) is 21.9. The Morgan fingerprint density at radius 3 is 2.69 bits per heavy atom. The highest BCUT2D eigenvalue weighted by molar-refractivity contribution is 5.81. The van der Waals surface area contributed by atoms with Crippen LogP contribution in [0, 0.1) is 0 Å². The highest BCUT2D eigenvalue weighted by Crippen LogP contribution is 2.54. The van der Waals surface area contributed by atoms with Crippen LogP contribution in [0.15, 0.2) is 24.3 Å². The Morgan fingerprint density at radius 2 is 1.93 bits per heavy atom. The van der Waals surface area contributed by atoms with Gasteiger partial charge in [-0.2, -0.15) is 0 Å². The summed E-state index contributed by atoms with van der Waals surface area (Å²) in [5.74, 6) is 1.52. The van der Waals surface area contributed by atoms with Crippen molar-refractivity contribution in [2.24, 2.45) is 0 Å². The zero-order valence-electron chi connectivity index (χ0n) is 16.0. The van der Waals surface area contributed by atoms with Gasteiger partial charge in [-0.1, -0.05) is 6.07 Å². The first-order valence-electron chi connectivity index (χ1n) is 9.41. The Kier molecular flexibility index (Phi) is 3.99. The van der Waals surface area contributed by atoms with Crippen LogP contribution in [-0.2, 0) is 4.79 Å². The molecule has 0 aliphatic carbocycles. The van der Waals surface area contributed by atoms with Crippen molar-refractivity contribution >= 4 is 5.91 Å². The van der Waals surface area contributed by atoms with Crippen molar-refractivity contribution in [3.05, 3.63) is 41.0 Å². The third kappa shape index (κ3) is 2.45. The van der Waals surface area contributed by atoms with E-state index in [9.17, 15) is 15.0 Å². The molecule has 0 bridgehead atoms. The molecule has 0 radical (unpaired) electrons. The van der Waals surface area contributed by atoms with Gasteiger partial charge in [0.2, 0.25) is 18.4 Å². The normalized spacial score (nSPS) is 24.3. The summed E-state index contributed by atoms with van der Waals surface area (Å²) < 4.78 is 21.6. The molecule has 2 aromatic carbocycles. The molecule has 152 valence electrons. The first-order valence-corrected chi connectivity index (χ1v) is 9.41.